The fraction of sp³-hybridized carbons (Fsp3) is 0.917. The van der Waals surface area contributed by atoms with Gasteiger partial charge in [-0.25, -0.2) is 0 Å². The molecule has 0 amide bonds. The Morgan fingerprint density at radius 1 is 1.33 bits per heavy atom. The second kappa shape index (κ2) is 6.19. The van der Waals surface area contributed by atoms with Gasteiger partial charge >= 0.3 is 6.18 Å². The van der Waals surface area contributed by atoms with Gasteiger partial charge in [-0.2, -0.15) is 13.2 Å². The lowest BCUT2D eigenvalue weighted by Crippen LogP contribution is -2.46. The zero-order chi connectivity index (χ0) is 13.9. The van der Waals surface area contributed by atoms with Gasteiger partial charge in [0.2, 0.25) is 0 Å². The summed E-state index contributed by atoms with van der Waals surface area (Å²) in [5.74, 6) is -1.01. The molecule has 0 aliphatic heterocycles. The normalized spacial score (nSPS) is 27.2. The number of hydrogen-bond acceptors (Lipinski definition) is 2. The summed E-state index contributed by atoms with van der Waals surface area (Å²) < 4.78 is 38.3. The first-order valence-corrected chi connectivity index (χ1v) is 6.69. The van der Waals surface area contributed by atoms with Gasteiger partial charge in [-0.3, -0.25) is 0 Å². The molecule has 0 heterocycles. The topological polar surface area (TPSA) is 29.3 Å². The van der Waals surface area contributed by atoms with Gasteiger partial charge in [-0.05, 0) is 38.6 Å². The molecule has 0 aromatic heterocycles. The first-order valence-electron chi connectivity index (χ1n) is 6.28. The number of hydrogen-bond donors (Lipinski definition) is 1. The molecule has 0 aromatic rings. The molecule has 18 heavy (non-hydrogen) atoms. The van der Waals surface area contributed by atoms with Crippen molar-refractivity contribution >= 4 is 17.2 Å². The Hall–Kier alpha value is -0.360. The molecule has 1 rings (SSSR count). The Kier molecular flexibility index (Phi) is 5.40. The van der Waals surface area contributed by atoms with Crippen LogP contribution in [0.2, 0.25) is 0 Å². The van der Waals surface area contributed by atoms with E-state index in [1.807, 2.05) is 0 Å². The number of halogens is 3. The van der Waals surface area contributed by atoms with E-state index in [0.717, 1.165) is 25.7 Å². The molecule has 1 fully saturated rings. The lowest BCUT2D eigenvalue weighted by Gasteiger charge is -2.35. The zero-order valence-electron chi connectivity index (χ0n) is 10.8. The van der Waals surface area contributed by atoms with E-state index in [9.17, 15) is 13.2 Å². The number of nitrogens with zero attached hydrogens (tertiary/aromatic N) is 1. The van der Waals surface area contributed by atoms with Crippen LogP contribution in [0.4, 0.5) is 13.2 Å². The minimum absolute atomic E-state index is 0.127. The van der Waals surface area contributed by atoms with E-state index in [1.165, 1.54) is 0 Å². The summed E-state index contributed by atoms with van der Waals surface area (Å²) in [6, 6.07) is 0.223. The summed E-state index contributed by atoms with van der Waals surface area (Å²) >= 11 is 4.53. The fourth-order valence-corrected chi connectivity index (χ4v) is 2.68. The number of alkyl halides is 3. The van der Waals surface area contributed by atoms with E-state index in [-0.39, 0.29) is 12.6 Å². The summed E-state index contributed by atoms with van der Waals surface area (Å²) in [5.41, 5.74) is 5.21. The molecule has 1 atom stereocenters. The zero-order valence-corrected chi connectivity index (χ0v) is 11.7. The highest BCUT2D eigenvalue weighted by atomic mass is 32.1. The van der Waals surface area contributed by atoms with E-state index in [1.54, 1.807) is 11.9 Å². The lowest BCUT2D eigenvalue weighted by molar-refractivity contribution is -0.160. The van der Waals surface area contributed by atoms with Gasteiger partial charge in [0.1, 0.15) is 5.92 Å². The predicted molar refractivity (Wildman–Crippen MR) is 70.4 cm³/mol. The van der Waals surface area contributed by atoms with E-state index < -0.39 is 17.1 Å². The second-order valence-electron chi connectivity index (χ2n) is 5.35. The third-order valence-electron chi connectivity index (χ3n) is 3.82. The van der Waals surface area contributed by atoms with Crippen molar-refractivity contribution in [2.75, 3.05) is 13.6 Å². The second-order valence-corrected chi connectivity index (χ2v) is 5.82. The highest BCUT2D eigenvalue weighted by Crippen LogP contribution is 2.30. The molecule has 1 aliphatic carbocycles. The summed E-state index contributed by atoms with van der Waals surface area (Å²) in [4.78, 5) is 1.31. The van der Waals surface area contributed by atoms with Crippen molar-refractivity contribution in [2.24, 2.45) is 17.6 Å². The Balaban J connectivity index is 2.56. The third-order valence-corrected chi connectivity index (χ3v) is 4.10. The van der Waals surface area contributed by atoms with E-state index in [0.29, 0.717) is 5.92 Å². The van der Waals surface area contributed by atoms with Crippen molar-refractivity contribution in [3.8, 4) is 0 Å². The van der Waals surface area contributed by atoms with Crippen LogP contribution in [0, 0.1) is 11.8 Å². The molecule has 0 bridgehead atoms. The molecule has 1 saturated carbocycles. The largest absolute Gasteiger partial charge is 0.399 e. The average Bonchev–Trinajstić information content (AvgIpc) is 2.24. The van der Waals surface area contributed by atoms with Crippen LogP contribution < -0.4 is 5.73 Å². The van der Waals surface area contributed by atoms with Crippen LogP contribution in [0.1, 0.15) is 32.6 Å². The number of thiocarbonyl (C=S) groups is 1. The maximum Gasteiger partial charge on any atom is 0.399 e. The molecule has 0 radical (unpaired) electrons. The van der Waals surface area contributed by atoms with Gasteiger partial charge < -0.3 is 10.6 Å². The molecule has 6 heteroatoms. The van der Waals surface area contributed by atoms with Crippen molar-refractivity contribution in [2.45, 2.75) is 44.8 Å². The van der Waals surface area contributed by atoms with Crippen molar-refractivity contribution in [3.05, 3.63) is 0 Å². The van der Waals surface area contributed by atoms with Gasteiger partial charge in [0.25, 0.3) is 0 Å². The molecule has 2 N–H and O–H groups in total. The standard InChI is InChI=1S/C12H21F3N2S/c1-8-3-5-9(6-4-8)17(2)7-10(11(16)18)12(13,14)15/h8-10H,3-7H2,1-2H3,(H2,16,18). The summed E-state index contributed by atoms with van der Waals surface area (Å²) in [7, 11) is 1.73. The van der Waals surface area contributed by atoms with Crippen LogP contribution in [0.15, 0.2) is 0 Å². The van der Waals surface area contributed by atoms with Crippen molar-refractivity contribution < 1.29 is 13.2 Å². The van der Waals surface area contributed by atoms with Crippen LogP contribution in [-0.2, 0) is 0 Å². The molecule has 1 unspecified atom stereocenters. The molecule has 0 spiro atoms. The Morgan fingerprint density at radius 2 is 1.83 bits per heavy atom. The maximum atomic E-state index is 12.8. The van der Waals surface area contributed by atoms with Gasteiger partial charge in [0.15, 0.2) is 0 Å². The third kappa shape index (κ3) is 4.39. The van der Waals surface area contributed by atoms with Crippen LogP contribution in [0.25, 0.3) is 0 Å². The number of nitrogens with two attached hydrogens (primary N) is 1. The summed E-state index contributed by atoms with van der Waals surface area (Å²) in [6.07, 6.45) is -0.265. The first-order chi connectivity index (χ1) is 8.21. The van der Waals surface area contributed by atoms with E-state index in [4.69, 9.17) is 5.73 Å². The van der Waals surface area contributed by atoms with Crippen LogP contribution in [0.5, 0.6) is 0 Å². The van der Waals surface area contributed by atoms with Crippen LogP contribution in [0.3, 0.4) is 0 Å². The quantitative estimate of drug-likeness (QED) is 0.804. The van der Waals surface area contributed by atoms with Crippen LogP contribution in [-0.4, -0.2) is 35.7 Å². The van der Waals surface area contributed by atoms with Gasteiger partial charge in [0.05, 0.1) is 4.99 Å². The molecule has 1 aliphatic rings. The Bertz CT molecular complexity index is 286. The van der Waals surface area contributed by atoms with Gasteiger partial charge in [-0.15, -0.1) is 0 Å². The molecule has 0 saturated heterocycles. The highest BCUT2D eigenvalue weighted by Gasteiger charge is 2.42. The van der Waals surface area contributed by atoms with E-state index >= 15 is 0 Å². The van der Waals surface area contributed by atoms with Gasteiger partial charge in [-0.1, -0.05) is 19.1 Å². The van der Waals surface area contributed by atoms with Gasteiger partial charge in [0, 0.05) is 12.6 Å². The Labute approximate surface area is 112 Å². The SMILES string of the molecule is CC1CCC(N(C)CC(C(N)=S)C(F)(F)F)CC1. The van der Waals surface area contributed by atoms with Crippen molar-refractivity contribution in [1.82, 2.24) is 4.90 Å². The van der Waals surface area contributed by atoms with Crippen molar-refractivity contribution in [1.29, 1.82) is 0 Å². The molecular formula is C12H21F3N2S. The summed E-state index contributed by atoms with van der Waals surface area (Å²) in [6.45, 7) is 2.06. The van der Waals surface area contributed by atoms with E-state index in [2.05, 4.69) is 19.1 Å². The first kappa shape index (κ1) is 15.7. The predicted octanol–water partition coefficient (Wildman–Crippen LogP) is 2.96. The lowest BCUT2D eigenvalue weighted by atomic mass is 9.86. The smallest absolute Gasteiger partial charge is 0.393 e. The minimum Gasteiger partial charge on any atom is -0.393 e. The maximum absolute atomic E-state index is 12.8. The molecule has 0 aromatic carbocycles. The Morgan fingerprint density at radius 3 is 2.22 bits per heavy atom. The summed E-state index contributed by atoms with van der Waals surface area (Å²) in [5, 5.41) is 0. The monoisotopic (exact) mass is 282 g/mol. The number of rotatable bonds is 4. The fourth-order valence-electron chi connectivity index (χ4n) is 2.48. The molecular weight excluding hydrogens is 261 g/mol. The highest BCUT2D eigenvalue weighted by molar-refractivity contribution is 7.80. The molecule has 106 valence electrons. The molecule has 2 nitrogen and oxygen atoms in total. The minimum atomic E-state index is -4.35. The van der Waals surface area contributed by atoms with Crippen LogP contribution >= 0.6 is 12.2 Å². The van der Waals surface area contributed by atoms with Crippen molar-refractivity contribution in [3.63, 3.8) is 0 Å². The average molecular weight is 282 g/mol.